The van der Waals surface area contributed by atoms with Crippen molar-refractivity contribution in [2.45, 2.75) is 44.4 Å². The lowest BCUT2D eigenvalue weighted by atomic mass is 9.87. The van der Waals surface area contributed by atoms with Gasteiger partial charge in [-0.2, -0.15) is 0 Å². The predicted octanol–water partition coefficient (Wildman–Crippen LogP) is 2.20. The van der Waals surface area contributed by atoms with E-state index < -0.39 is 0 Å². The molecule has 1 unspecified atom stereocenters. The van der Waals surface area contributed by atoms with Crippen molar-refractivity contribution in [1.29, 1.82) is 0 Å². The maximum atomic E-state index is 13.3. The Morgan fingerprint density at radius 1 is 1.23 bits per heavy atom. The first kappa shape index (κ1) is 21.2. The number of benzene rings is 1. The summed E-state index contributed by atoms with van der Waals surface area (Å²) < 4.78 is 11.2. The molecule has 31 heavy (non-hydrogen) atoms. The zero-order valence-electron chi connectivity index (χ0n) is 17.7. The number of hydrogen-bond acceptors (Lipinski definition) is 6. The summed E-state index contributed by atoms with van der Waals surface area (Å²) in [7, 11) is 1.72. The molecular weight excluding hydrogens is 396 g/mol. The number of aromatic nitrogens is 2. The van der Waals surface area contributed by atoms with Crippen molar-refractivity contribution >= 4 is 11.8 Å². The summed E-state index contributed by atoms with van der Waals surface area (Å²) in [5.41, 5.74) is 1.34. The summed E-state index contributed by atoms with van der Waals surface area (Å²) in [6.45, 7) is 0.985. The Labute approximate surface area is 182 Å². The van der Waals surface area contributed by atoms with Gasteiger partial charge in [0.25, 0.3) is 5.91 Å². The highest BCUT2D eigenvalue weighted by Gasteiger charge is 2.33. The van der Waals surface area contributed by atoms with Crippen LogP contribution in [0.5, 0.6) is 5.88 Å². The summed E-state index contributed by atoms with van der Waals surface area (Å²) in [6, 6.07) is 9.46. The van der Waals surface area contributed by atoms with Gasteiger partial charge in [0.2, 0.25) is 11.8 Å². The van der Waals surface area contributed by atoms with Crippen LogP contribution < -0.4 is 10.1 Å². The minimum atomic E-state index is -0.318. The van der Waals surface area contributed by atoms with Crippen LogP contribution in [0, 0.1) is 5.92 Å². The number of carbonyl (C=O) groups excluding carboxylic acids is 2. The maximum Gasteiger partial charge on any atom is 0.261 e. The van der Waals surface area contributed by atoms with Gasteiger partial charge in [-0.25, -0.2) is 9.97 Å². The Bertz CT molecular complexity index is 899. The third kappa shape index (κ3) is 5.02. The third-order valence-electron chi connectivity index (χ3n) is 6.11. The molecule has 0 bridgehead atoms. The number of ether oxygens (including phenoxy) is 2. The van der Waals surface area contributed by atoms with E-state index in [1.807, 2.05) is 30.3 Å². The topological polar surface area (TPSA) is 93.6 Å². The second-order valence-electron chi connectivity index (χ2n) is 8.08. The summed E-state index contributed by atoms with van der Waals surface area (Å²) in [4.78, 5) is 35.9. The lowest BCUT2D eigenvalue weighted by molar-refractivity contribution is -0.127. The van der Waals surface area contributed by atoms with Crippen molar-refractivity contribution in [2.24, 2.45) is 5.92 Å². The second kappa shape index (κ2) is 9.87. The van der Waals surface area contributed by atoms with Gasteiger partial charge in [-0.05, 0) is 31.2 Å². The van der Waals surface area contributed by atoms with E-state index in [2.05, 4.69) is 15.3 Å². The monoisotopic (exact) mass is 424 g/mol. The van der Waals surface area contributed by atoms with E-state index in [0.29, 0.717) is 18.7 Å². The van der Waals surface area contributed by atoms with Crippen molar-refractivity contribution in [3.05, 3.63) is 54.0 Å². The van der Waals surface area contributed by atoms with Crippen molar-refractivity contribution in [1.82, 2.24) is 20.2 Å². The molecule has 8 heteroatoms. The van der Waals surface area contributed by atoms with E-state index in [0.717, 1.165) is 31.2 Å². The highest BCUT2D eigenvalue weighted by molar-refractivity contribution is 5.96. The van der Waals surface area contributed by atoms with Gasteiger partial charge >= 0.3 is 0 Å². The normalized spacial score (nSPS) is 23.5. The van der Waals surface area contributed by atoms with Crippen LogP contribution in [-0.2, 0) is 16.1 Å². The van der Waals surface area contributed by atoms with E-state index in [4.69, 9.17) is 9.47 Å². The van der Waals surface area contributed by atoms with Gasteiger partial charge in [0.05, 0.1) is 12.1 Å². The summed E-state index contributed by atoms with van der Waals surface area (Å²) in [5, 5.41) is 3.06. The van der Waals surface area contributed by atoms with Crippen molar-refractivity contribution < 1.29 is 19.1 Å². The molecule has 0 saturated heterocycles. The first-order valence-electron chi connectivity index (χ1n) is 10.7. The van der Waals surface area contributed by atoms with E-state index in [1.54, 1.807) is 12.0 Å². The fourth-order valence-corrected chi connectivity index (χ4v) is 4.24. The molecule has 1 atom stereocenters. The third-order valence-corrected chi connectivity index (χ3v) is 6.11. The molecule has 4 rings (SSSR count). The molecule has 164 valence electrons. The molecule has 1 aromatic heterocycles. The van der Waals surface area contributed by atoms with E-state index in [-0.39, 0.29) is 42.4 Å². The molecule has 2 aromatic rings. The van der Waals surface area contributed by atoms with Gasteiger partial charge in [0.1, 0.15) is 18.5 Å². The molecule has 1 aliphatic carbocycles. The number of nitrogens with one attached hydrogen (secondary N) is 1. The zero-order valence-corrected chi connectivity index (χ0v) is 17.7. The summed E-state index contributed by atoms with van der Waals surface area (Å²) in [5.74, 6) is 0.101. The van der Waals surface area contributed by atoms with Crippen LogP contribution in [0.25, 0.3) is 0 Å². The Morgan fingerprint density at radius 2 is 2.00 bits per heavy atom. The number of hydrogen-bond donors (Lipinski definition) is 1. The van der Waals surface area contributed by atoms with Gasteiger partial charge in [0.15, 0.2) is 0 Å². The zero-order chi connectivity index (χ0) is 21.6. The molecular formula is C23H28N4O4. The van der Waals surface area contributed by atoms with Crippen LogP contribution in [-0.4, -0.2) is 59.1 Å². The number of fused-ring (bicyclic) bond motifs is 1. The predicted molar refractivity (Wildman–Crippen MR) is 113 cm³/mol. The van der Waals surface area contributed by atoms with E-state index in [9.17, 15) is 9.59 Å². The van der Waals surface area contributed by atoms with Gasteiger partial charge in [-0.1, -0.05) is 30.3 Å². The minimum Gasteiger partial charge on any atom is -0.475 e. The Morgan fingerprint density at radius 3 is 2.74 bits per heavy atom. The number of carbonyl (C=O) groups is 2. The fourth-order valence-electron chi connectivity index (χ4n) is 4.24. The first-order chi connectivity index (χ1) is 15.2. The lowest BCUT2D eigenvalue weighted by Crippen LogP contribution is -2.49. The number of methoxy groups -OCH3 is 1. The SMILES string of the molecule is COC1CCC(C(=O)NCC2COc3ncncc3C(=O)N2Cc2ccccc2)CC1. The summed E-state index contributed by atoms with van der Waals surface area (Å²) in [6.07, 6.45) is 6.53. The van der Waals surface area contributed by atoms with Crippen molar-refractivity contribution in [2.75, 3.05) is 20.3 Å². The molecule has 2 aliphatic rings. The first-order valence-corrected chi connectivity index (χ1v) is 10.7. The van der Waals surface area contributed by atoms with Crippen LogP contribution in [0.2, 0.25) is 0 Å². The molecule has 1 aliphatic heterocycles. The Hall–Kier alpha value is -3.00. The van der Waals surface area contributed by atoms with E-state index in [1.165, 1.54) is 12.5 Å². The van der Waals surface area contributed by atoms with Crippen molar-refractivity contribution in [3.8, 4) is 5.88 Å². The molecule has 0 radical (unpaired) electrons. The average Bonchev–Trinajstić information content (AvgIpc) is 2.95. The number of rotatable bonds is 6. The standard InChI is InChI=1S/C23H28N4O4/c1-30-19-9-7-17(8-10-19)21(28)25-11-18-14-31-22-20(12-24-15-26-22)23(29)27(18)13-16-5-3-2-4-6-16/h2-6,12,15,17-19H,7-11,13-14H2,1H3,(H,25,28). The summed E-state index contributed by atoms with van der Waals surface area (Å²) >= 11 is 0. The second-order valence-corrected chi connectivity index (χ2v) is 8.08. The van der Waals surface area contributed by atoms with Gasteiger partial charge in [-0.3, -0.25) is 9.59 Å². The fraction of sp³-hybridized carbons (Fsp3) is 0.478. The molecule has 0 spiro atoms. The number of nitrogens with zero attached hydrogens (tertiary/aromatic N) is 3. The smallest absolute Gasteiger partial charge is 0.261 e. The van der Waals surface area contributed by atoms with Crippen molar-refractivity contribution in [3.63, 3.8) is 0 Å². The van der Waals surface area contributed by atoms with Crippen LogP contribution in [0.4, 0.5) is 0 Å². The van der Waals surface area contributed by atoms with Gasteiger partial charge < -0.3 is 19.7 Å². The quantitative estimate of drug-likeness (QED) is 0.764. The Kier molecular flexibility index (Phi) is 6.76. The minimum absolute atomic E-state index is 0.0144. The molecule has 1 N–H and O–H groups in total. The Balaban J connectivity index is 1.46. The van der Waals surface area contributed by atoms with Gasteiger partial charge in [0, 0.05) is 32.3 Å². The molecule has 8 nitrogen and oxygen atoms in total. The molecule has 2 amide bonds. The van der Waals surface area contributed by atoms with Crippen LogP contribution >= 0.6 is 0 Å². The van der Waals surface area contributed by atoms with Crippen LogP contribution in [0.1, 0.15) is 41.6 Å². The largest absolute Gasteiger partial charge is 0.475 e. The highest BCUT2D eigenvalue weighted by atomic mass is 16.5. The molecule has 1 fully saturated rings. The van der Waals surface area contributed by atoms with Crippen LogP contribution in [0.3, 0.4) is 0 Å². The lowest BCUT2D eigenvalue weighted by Gasteiger charge is -2.31. The molecule has 2 heterocycles. The molecule has 1 aromatic carbocycles. The maximum absolute atomic E-state index is 13.3. The molecule has 1 saturated carbocycles. The van der Waals surface area contributed by atoms with Gasteiger partial charge in [-0.15, -0.1) is 0 Å². The average molecular weight is 425 g/mol. The van der Waals surface area contributed by atoms with Crippen LogP contribution in [0.15, 0.2) is 42.9 Å². The number of amides is 2. The highest BCUT2D eigenvalue weighted by Crippen LogP contribution is 2.27. The van der Waals surface area contributed by atoms with E-state index >= 15 is 0 Å².